The maximum atomic E-state index is 14.6. The van der Waals surface area contributed by atoms with Crippen LogP contribution in [-0.4, -0.2) is 24.6 Å². The third-order valence-corrected chi connectivity index (χ3v) is 5.10. The van der Waals surface area contributed by atoms with Gasteiger partial charge >= 0.3 is 0 Å². The Kier molecular flexibility index (Phi) is 9.34. The van der Waals surface area contributed by atoms with E-state index in [0.29, 0.717) is 35.3 Å². The summed E-state index contributed by atoms with van der Waals surface area (Å²) < 4.78 is 39.8. The molecule has 0 aliphatic rings. The van der Waals surface area contributed by atoms with Gasteiger partial charge < -0.3 is 20.1 Å². The average molecular weight is 493 g/mol. The number of hydrogen-bond donors (Lipinski definition) is 2. The molecule has 0 bridgehead atoms. The van der Waals surface area contributed by atoms with Crippen molar-refractivity contribution in [3.8, 4) is 17.6 Å². The molecule has 36 heavy (non-hydrogen) atoms. The third-order valence-electron chi connectivity index (χ3n) is 5.10. The first kappa shape index (κ1) is 26.2. The quantitative estimate of drug-likeness (QED) is 0.244. The molecule has 0 spiro atoms. The first-order chi connectivity index (χ1) is 17.4. The Balaban J connectivity index is 1.80. The molecule has 7 nitrogen and oxygen atoms in total. The maximum Gasteiger partial charge on any atom is 0.248 e. The zero-order chi connectivity index (χ0) is 25.9. The van der Waals surface area contributed by atoms with Crippen molar-refractivity contribution in [3.63, 3.8) is 0 Å². The molecule has 0 aliphatic heterocycles. The monoisotopic (exact) mass is 492 g/mol. The van der Waals surface area contributed by atoms with Gasteiger partial charge in [-0.2, -0.15) is 5.26 Å². The summed E-state index contributed by atoms with van der Waals surface area (Å²) in [6, 6.07) is 11.9. The lowest BCUT2D eigenvalue weighted by Gasteiger charge is -2.14. The summed E-state index contributed by atoms with van der Waals surface area (Å²) in [4.78, 5) is 16.7. The number of para-hydroxylation sites is 1. The number of ether oxygens (including phenoxy) is 2. The molecule has 1 heterocycles. The number of carbonyl (C=O) groups is 1. The smallest absolute Gasteiger partial charge is 0.248 e. The van der Waals surface area contributed by atoms with Crippen molar-refractivity contribution < 1.29 is 23.0 Å². The zero-order valence-corrected chi connectivity index (χ0v) is 20.0. The van der Waals surface area contributed by atoms with Gasteiger partial charge in [0.1, 0.15) is 23.4 Å². The van der Waals surface area contributed by atoms with Crippen LogP contribution in [0.2, 0.25) is 0 Å². The molecule has 2 aromatic carbocycles. The number of nitrogens with one attached hydrogen (secondary N) is 2. The molecule has 3 aromatic rings. The Morgan fingerprint density at radius 3 is 2.72 bits per heavy atom. The van der Waals surface area contributed by atoms with Crippen LogP contribution >= 0.6 is 0 Å². The molecular formula is C27H26F2N4O3. The number of benzene rings is 2. The Hall–Kier alpha value is -4.45. The molecule has 1 aromatic heterocycles. The summed E-state index contributed by atoms with van der Waals surface area (Å²) in [6.07, 6.45) is 7.05. The summed E-state index contributed by atoms with van der Waals surface area (Å²) >= 11 is 0. The number of nitriles is 1. The van der Waals surface area contributed by atoms with Crippen LogP contribution in [0, 0.1) is 23.0 Å². The number of nitrogens with zero attached hydrogens (tertiary/aromatic N) is 2. The summed E-state index contributed by atoms with van der Waals surface area (Å²) in [5.41, 5.74) is 0.656. The number of aromatic nitrogens is 1. The number of pyridine rings is 1. The van der Waals surface area contributed by atoms with E-state index >= 15 is 0 Å². The summed E-state index contributed by atoms with van der Waals surface area (Å²) in [7, 11) is 1.53. The van der Waals surface area contributed by atoms with Crippen LogP contribution in [0.15, 0.2) is 54.7 Å². The fraction of sp³-hybridized carbons (Fsp3) is 0.222. The van der Waals surface area contributed by atoms with Gasteiger partial charge in [-0.15, -0.1) is 0 Å². The predicted octanol–water partition coefficient (Wildman–Crippen LogP) is 6.20. The molecule has 0 aliphatic carbocycles. The first-order valence-electron chi connectivity index (χ1n) is 11.4. The fourth-order valence-electron chi connectivity index (χ4n) is 3.31. The Bertz CT molecular complexity index is 1270. The second kappa shape index (κ2) is 12.9. The topological polar surface area (TPSA) is 96.3 Å². The van der Waals surface area contributed by atoms with Crippen LogP contribution in [0.4, 0.5) is 26.0 Å². The van der Waals surface area contributed by atoms with E-state index in [0.717, 1.165) is 25.3 Å². The number of amides is 1. The molecule has 9 heteroatoms. The Morgan fingerprint density at radius 1 is 1.19 bits per heavy atom. The van der Waals surface area contributed by atoms with E-state index < -0.39 is 17.5 Å². The second-order valence-corrected chi connectivity index (χ2v) is 7.74. The normalized spacial score (nSPS) is 10.6. The van der Waals surface area contributed by atoms with Gasteiger partial charge in [-0.1, -0.05) is 31.9 Å². The summed E-state index contributed by atoms with van der Waals surface area (Å²) in [5, 5.41) is 14.1. The SMILES string of the molecule is CCCCCOc1c(/C=C/C(=O)Nc2cc(F)cc(F)c2Nc2ccc(C#N)cn2)cccc1OC. The number of methoxy groups -OCH3 is 1. The molecule has 0 saturated carbocycles. The lowest BCUT2D eigenvalue weighted by atomic mass is 10.1. The van der Waals surface area contributed by atoms with Gasteiger partial charge in [-0.3, -0.25) is 4.79 Å². The van der Waals surface area contributed by atoms with E-state index in [2.05, 4.69) is 22.5 Å². The van der Waals surface area contributed by atoms with Crippen LogP contribution in [0.1, 0.15) is 37.3 Å². The van der Waals surface area contributed by atoms with E-state index in [1.165, 1.54) is 37.6 Å². The molecule has 2 N–H and O–H groups in total. The van der Waals surface area contributed by atoms with Gasteiger partial charge in [-0.25, -0.2) is 13.8 Å². The summed E-state index contributed by atoms with van der Waals surface area (Å²) in [6.45, 7) is 2.60. The van der Waals surface area contributed by atoms with Gasteiger partial charge in [0.25, 0.3) is 0 Å². The Labute approximate surface area is 208 Å². The minimum absolute atomic E-state index is 0.116. The van der Waals surface area contributed by atoms with Crippen molar-refractivity contribution in [2.75, 3.05) is 24.4 Å². The van der Waals surface area contributed by atoms with Gasteiger partial charge in [0.2, 0.25) is 5.91 Å². The zero-order valence-electron chi connectivity index (χ0n) is 20.0. The highest BCUT2D eigenvalue weighted by atomic mass is 19.1. The molecule has 3 rings (SSSR count). The lowest BCUT2D eigenvalue weighted by Crippen LogP contribution is -2.11. The van der Waals surface area contributed by atoms with Crippen LogP contribution in [-0.2, 0) is 4.79 Å². The highest BCUT2D eigenvalue weighted by molar-refractivity contribution is 6.04. The van der Waals surface area contributed by atoms with Gasteiger partial charge in [0.15, 0.2) is 17.3 Å². The van der Waals surface area contributed by atoms with Crippen LogP contribution in [0.25, 0.3) is 6.08 Å². The average Bonchev–Trinajstić information content (AvgIpc) is 2.88. The van der Waals surface area contributed by atoms with Gasteiger partial charge in [0, 0.05) is 23.9 Å². The van der Waals surface area contributed by atoms with Crippen LogP contribution in [0.3, 0.4) is 0 Å². The number of rotatable bonds is 11. The molecule has 0 fully saturated rings. The second-order valence-electron chi connectivity index (χ2n) is 7.74. The first-order valence-corrected chi connectivity index (χ1v) is 11.4. The molecule has 186 valence electrons. The molecular weight excluding hydrogens is 466 g/mol. The number of unbranched alkanes of at least 4 members (excludes halogenated alkanes) is 2. The van der Waals surface area contributed by atoms with Crippen molar-refractivity contribution in [3.05, 3.63) is 77.5 Å². The largest absolute Gasteiger partial charge is 0.493 e. The van der Waals surface area contributed by atoms with Gasteiger partial charge in [-0.05, 0) is 36.8 Å². The lowest BCUT2D eigenvalue weighted by molar-refractivity contribution is -0.111. The third kappa shape index (κ3) is 7.03. The molecule has 1 amide bonds. The van der Waals surface area contributed by atoms with E-state index in [-0.39, 0.29) is 17.2 Å². The van der Waals surface area contributed by atoms with Crippen molar-refractivity contribution in [1.29, 1.82) is 5.26 Å². The van der Waals surface area contributed by atoms with E-state index in [1.807, 2.05) is 6.07 Å². The Morgan fingerprint density at radius 2 is 2.03 bits per heavy atom. The molecule has 0 unspecified atom stereocenters. The van der Waals surface area contributed by atoms with Crippen molar-refractivity contribution in [1.82, 2.24) is 4.98 Å². The van der Waals surface area contributed by atoms with E-state index in [4.69, 9.17) is 14.7 Å². The number of anilines is 3. The minimum Gasteiger partial charge on any atom is -0.493 e. The predicted molar refractivity (Wildman–Crippen MR) is 134 cm³/mol. The standard InChI is InChI=1S/C27H26F2N4O3/c1-3-4-5-13-36-27-19(7-6-8-23(27)35-2)10-12-25(34)32-22-15-20(28)14-21(29)26(22)33-24-11-9-18(16-30)17-31-24/h6-12,14-15,17H,3-5,13H2,1-2H3,(H,31,33)(H,32,34)/b12-10+. The number of hydrogen-bond acceptors (Lipinski definition) is 6. The highest BCUT2D eigenvalue weighted by Crippen LogP contribution is 2.33. The minimum atomic E-state index is -0.920. The highest BCUT2D eigenvalue weighted by Gasteiger charge is 2.15. The van der Waals surface area contributed by atoms with Crippen molar-refractivity contribution >= 4 is 29.2 Å². The molecule has 0 saturated heterocycles. The maximum absolute atomic E-state index is 14.6. The summed E-state index contributed by atoms with van der Waals surface area (Å²) in [5.74, 6) is -1.15. The molecule has 0 radical (unpaired) electrons. The fourth-order valence-corrected chi connectivity index (χ4v) is 3.31. The van der Waals surface area contributed by atoms with Crippen LogP contribution in [0.5, 0.6) is 11.5 Å². The van der Waals surface area contributed by atoms with Gasteiger partial charge in [0.05, 0.1) is 25.0 Å². The van der Waals surface area contributed by atoms with Crippen molar-refractivity contribution in [2.45, 2.75) is 26.2 Å². The van der Waals surface area contributed by atoms with E-state index in [9.17, 15) is 13.6 Å². The van der Waals surface area contributed by atoms with E-state index in [1.54, 1.807) is 18.2 Å². The number of halogens is 2. The number of carbonyl (C=O) groups excluding carboxylic acids is 1. The molecule has 0 atom stereocenters. The van der Waals surface area contributed by atoms with Crippen molar-refractivity contribution in [2.24, 2.45) is 0 Å². The van der Waals surface area contributed by atoms with Crippen LogP contribution < -0.4 is 20.1 Å².